The van der Waals surface area contributed by atoms with Crippen LogP contribution >= 0.6 is 11.3 Å². The summed E-state index contributed by atoms with van der Waals surface area (Å²) < 4.78 is 1.34. The molecule has 0 aliphatic rings. The van der Waals surface area contributed by atoms with Gasteiger partial charge in [0.15, 0.2) is 5.78 Å². The van der Waals surface area contributed by atoms with Crippen molar-refractivity contribution in [3.8, 4) is 0 Å². The summed E-state index contributed by atoms with van der Waals surface area (Å²) in [6.07, 6.45) is 1.39. The first kappa shape index (κ1) is 21.6. The van der Waals surface area contributed by atoms with E-state index in [0.29, 0.717) is 26.2 Å². The van der Waals surface area contributed by atoms with Gasteiger partial charge in [0.2, 0.25) is 0 Å². The quantitative estimate of drug-likeness (QED) is 0.435. The topological polar surface area (TPSA) is 81.1 Å². The van der Waals surface area contributed by atoms with Crippen LogP contribution in [0.4, 0.5) is 5.69 Å². The van der Waals surface area contributed by atoms with Crippen LogP contribution in [0.15, 0.2) is 59.7 Å². The maximum absolute atomic E-state index is 13.3. The van der Waals surface area contributed by atoms with Crippen molar-refractivity contribution in [2.45, 2.75) is 33.7 Å². The first-order valence-electron chi connectivity index (χ1n) is 10.3. The Bertz CT molecular complexity index is 1400. The molecule has 4 rings (SSSR count). The number of nitrogens with one attached hydrogen (secondary N) is 1. The Labute approximate surface area is 189 Å². The zero-order valence-electron chi connectivity index (χ0n) is 18.3. The van der Waals surface area contributed by atoms with Gasteiger partial charge in [-0.15, -0.1) is 11.3 Å². The minimum absolute atomic E-state index is 0.172. The average Bonchev–Trinajstić information content (AvgIpc) is 3.13. The number of nitrogens with zero attached hydrogens (tertiary/aromatic N) is 2. The molecule has 0 aliphatic heterocycles. The molecular weight excluding hydrogens is 422 g/mol. The van der Waals surface area contributed by atoms with Crippen molar-refractivity contribution in [2.24, 2.45) is 0 Å². The summed E-state index contributed by atoms with van der Waals surface area (Å²) in [5.41, 5.74) is 3.57. The molecule has 0 radical (unpaired) electrons. The van der Waals surface area contributed by atoms with Crippen LogP contribution in [-0.2, 0) is 0 Å². The molecule has 0 bridgehead atoms. The van der Waals surface area contributed by atoms with Crippen molar-refractivity contribution in [1.29, 1.82) is 0 Å². The highest BCUT2D eigenvalue weighted by atomic mass is 32.1. The monoisotopic (exact) mass is 445 g/mol. The lowest BCUT2D eigenvalue weighted by Crippen LogP contribution is -2.28. The highest BCUT2D eigenvalue weighted by Crippen LogP contribution is 2.29. The number of hydrogen-bond acceptors (Lipinski definition) is 5. The number of ketones is 1. The molecule has 2 aromatic carbocycles. The van der Waals surface area contributed by atoms with Crippen LogP contribution in [0.1, 0.15) is 49.7 Å². The molecule has 0 unspecified atom stereocenters. The second-order valence-corrected chi connectivity index (χ2v) is 8.87. The van der Waals surface area contributed by atoms with Crippen LogP contribution < -0.4 is 10.9 Å². The van der Waals surface area contributed by atoms with Crippen LogP contribution in [0.3, 0.4) is 0 Å². The molecule has 0 aliphatic carbocycles. The molecule has 0 spiro atoms. The zero-order chi connectivity index (χ0) is 23.0. The van der Waals surface area contributed by atoms with Gasteiger partial charge in [-0.1, -0.05) is 48.0 Å². The molecular formula is C25H23N3O3S. The van der Waals surface area contributed by atoms with E-state index in [2.05, 4.69) is 10.3 Å². The third-order valence-corrected chi connectivity index (χ3v) is 6.77. The smallest absolute Gasteiger partial charge is 0.266 e. The van der Waals surface area contributed by atoms with Gasteiger partial charge in [-0.05, 0) is 44.9 Å². The molecule has 1 atom stereocenters. The second-order valence-electron chi connectivity index (χ2n) is 7.87. The van der Waals surface area contributed by atoms with Crippen LogP contribution in [0.25, 0.3) is 10.2 Å². The van der Waals surface area contributed by atoms with E-state index in [9.17, 15) is 14.4 Å². The summed E-state index contributed by atoms with van der Waals surface area (Å²) in [6.45, 7) is 7.35. The van der Waals surface area contributed by atoms with Crippen molar-refractivity contribution >= 4 is 38.9 Å². The minimum Gasteiger partial charge on any atom is -0.321 e. The van der Waals surface area contributed by atoms with Crippen molar-refractivity contribution in [3.05, 3.63) is 92.3 Å². The van der Waals surface area contributed by atoms with Crippen LogP contribution in [0.2, 0.25) is 0 Å². The van der Waals surface area contributed by atoms with Gasteiger partial charge in [0, 0.05) is 11.3 Å². The number of carbonyl (C=O) groups is 2. The van der Waals surface area contributed by atoms with Crippen LogP contribution in [0, 0.1) is 20.8 Å². The van der Waals surface area contributed by atoms with Gasteiger partial charge < -0.3 is 5.32 Å². The molecule has 162 valence electrons. The van der Waals surface area contributed by atoms with Gasteiger partial charge in [0.25, 0.3) is 11.5 Å². The Morgan fingerprint density at radius 3 is 2.47 bits per heavy atom. The Hall–Kier alpha value is -3.58. The van der Waals surface area contributed by atoms with Gasteiger partial charge in [-0.3, -0.25) is 19.0 Å². The highest BCUT2D eigenvalue weighted by Gasteiger charge is 2.23. The van der Waals surface area contributed by atoms with E-state index in [-0.39, 0.29) is 17.2 Å². The zero-order valence-corrected chi connectivity index (χ0v) is 19.1. The Balaban J connectivity index is 1.70. The number of fused-ring (bicyclic) bond motifs is 1. The fraction of sp³-hybridized carbons (Fsp3) is 0.200. The molecule has 32 heavy (non-hydrogen) atoms. The summed E-state index contributed by atoms with van der Waals surface area (Å²) in [5.74, 6) is -0.452. The van der Waals surface area contributed by atoms with Crippen molar-refractivity contribution in [2.75, 3.05) is 5.32 Å². The summed E-state index contributed by atoms with van der Waals surface area (Å²) in [7, 11) is 0. The van der Waals surface area contributed by atoms with Crippen molar-refractivity contribution < 1.29 is 9.59 Å². The summed E-state index contributed by atoms with van der Waals surface area (Å²) in [6, 6.07) is 13.9. The number of hydrogen-bond donors (Lipinski definition) is 1. The number of amides is 1. The largest absolute Gasteiger partial charge is 0.321 e. The van der Waals surface area contributed by atoms with Crippen LogP contribution in [0.5, 0.6) is 0 Å². The summed E-state index contributed by atoms with van der Waals surface area (Å²) >= 11 is 1.18. The highest BCUT2D eigenvalue weighted by molar-refractivity contribution is 7.20. The molecule has 0 fully saturated rings. The summed E-state index contributed by atoms with van der Waals surface area (Å²) in [5, 5.41) is 3.30. The van der Waals surface area contributed by atoms with E-state index in [1.54, 1.807) is 38.1 Å². The Morgan fingerprint density at radius 1 is 1.06 bits per heavy atom. The molecule has 6 nitrogen and oxygen atoms in total. The van der Waals surface area contributed by atoms with Crippen molar-refractivity contribution in [1.82, 2.24) is 9.55 Å². The van der Waals surface area contributed by atoms with E-state index in [4.69, 9.17) is 0 Å². The van der Waals surface area contributed by atoms with E-state index in [1.165, 1.54) is 22.2 Å². The lowest BCUT2D eigenvalue weighted by atomic mass is 10.1. The summed E-state index contributed by atoms with van der Waals surface area (Å²) in [4.78, 5) is 44.4. The first-order valence-corrected chi connectivity index (χ1v) is 11.1. The Morgan fingerprint density at radius 2 is 1.78 bits per heavy atom. The predicted octanol–water partition coefficient (Wildman–Crippen LogP) is 5.08. The van der Waals surface area contributed by atoms with Gasteiger partial charge in [-0.2, -0.15) is 0 Å². The van der Waals surface area contributed by atoms with E-state index in [0.717, 1.165) is 16.8 Å². The van der Waals surface area contributed by atoms with E-state index < -0.39 is 6.04 Å². The molecule has 2 heterocycles. The van der Waals surface area contributed by atoms with Gasteiger partial charge >= 0.3 is 0 Å². The second kappa shape index (κ2) is 8.51. The average molecular weight is 446 g/mol. The maximum Gasteiger partial charge on any atom is 0.266 e. The maximum atomic E-state index is 13.3. The number of aryl methyl sites for hydroxylation is 3. The fourth-order valence-electron chi connectivity index (χ4n) is 3.73. The van der Waals surface area contributed by atoms with E-state index >= 15 is 0 Å². The normalized spacial score (nSPS) is 12.0. The lowest BCUT2D eigenvalue weighted by Gasteiger charge is -2.13. The van der Waals surface area contributed by atoms with Gasteiger partial charge in [-0.25, -0.2) is 4.98 Å². The molecule has 2 aromatic heterocycles. The SMILES string of the molecule is Cc1ccc(NC(=O)c2sc3ncn([C@H](C)C(=O)c4ccccc4)c(=O)c3c2C)c(C)c1. The molecule has 0 saturated carbocycles. The molecule has 1 amide bonds. The minimum atomic E-state index is -0.714. The number of anilines is 1. The number of carbonyl (C=O) groups excluding carboxylic acids is 2. The van der Waals surface area contributed by atoms with Crippen LogP contribution in [-0.4, -0.2) is 21.2 Å². The molecule has 0 saturated heterocycles. The Kier molecular flexibility index (Phi) is 5.76. The molecule has 4 aromatic rings. The standard InChI is InChI=1S/C25H23N3O3S/c1-14-10-11-19(15(2)12-14)27-23(30)22-16(3)20-24(32-22)26-13-28(25(20)31)17(4)21(29)18-8-6-5-7-9-18/h5-13,17H,1-4H3,(H,27,30)/t17-/m1/s1. The number of rotatable bonds is 5. The fourth-order valence-corrected chi connectivity index (χ4v) is 4.77. The number of benzene rings is 2. The van der Waals surface area contributed by atoms with Gasteiger partial charge in [0.05, 0.1) is 22.6 Å². The van der Waals surface area contributed by atoms with Crippen molar-refractivity contribution in [3.63, 3.8) is 0 Å². The first-order chi connectivity index (χ1) is 15.3. The lowest BCUT2D eigenvalue weighted by molar-refractivity contribution is 0.0932. The predicted molar refractivity (Wildman–Crippen MR) is 128 cm³/mol. The van der Waals surface area contributed by atoms with Gasteiger partial charge in [0.1, 0.15) is 4.83 Å². The number of aromatic nitrogens is 2. The third-order valence-electron chi connectivity index (χ3n) is 5.57. The van der Waals surface area contributed by atoms with E-state index in [1.807, 2.05) is 38.1 Å². The third kappa shape index (κ3) is 3.87. The number of thiophene rings is 1. The number of Topliss-reactive ketones (excluding diaryl/α,β-unsaturated/α-hetero) is 1. The molecule has 1 N–H and O–H groups in total. The molecule has 7 heteroatoms.